The summed E-state index contributed by atoms with van der Waals surface area (Å²) in [5, 5.41) is 2.59. The zero-order valence-electron chi connectivity index (χ0n) is 20.2. The zero-order chi connectivity index (χ0) is 27.2. The van der Waals surface area contributed by atoms with Crippen molar-refractivity contribution in [2.45, 2.75) is 25.1 Å². The molecule has 0 unspecified atom stereocenters. The highest BCUT2D eigenvalue weighted by atomic mass is 32.2. The lowest BCUT2D eigenvalue weighted by Gasteiger charge is -2.28. The molecule has 3 rings (SSSR count). The summed E-state index contributed by atoms with van der Waals surface area (Å²) in [5.41, 5.74) is -0.639. The Morgan fingerprint density at radius 1 is 1.05 bits per heavy atom. The second-order valence-electron chi connectivity index (χ2n) is 8.38. The number of carbonyl (C=O) groups is 2. The maximum Gasteiger partial charge on any atom is 0.416 e. The van der Waals surface area contributed by atoms with Gasteiger partial charge in [0.25, 0.3) is 0 Å². The number of carbonyl (C=O) groups excluding carboxylic acids is 2. The lowest BCUT2D eigenvalue weighted by Crippen LogP contribution is -2.52. The van der Waals surface area contributed by atoms with Crippen molar-refractivity contribution in [1.29, 1.82) is 0 Å². The number of anilines is 1. The summed E-state index contributed by atoms with van der Waals surface area (Å²) >= 11 is 0. The monoisotopic (exact) mass is 544 g/mol. The van der Waals surface area contributed by atoms with Gasteiger partial charge in [0.15, 0.2) is 0 Å². The van der Waals surface area contributed by atoms with Gasteiger partial charge in [-0.2, -0.15) is 13.2 Å². The third-order valence-corrected chi connectivity index (χ3v) is 6.85. The van der Waals surface area contributed by atoms with E-state index in [0.717, 1.165) is 29.8 Å². The van der Waals surface area contributed by atoms with Gasteiger partial charge in [0, 0.05) is 19.1 Å². The number of halogens is 3. The van der Waals surface area contributed by atoms with Crippen molar-refractivity contribution >= 4 is 27.6 Å². The number of alkyl halides is 3. The Bertz CT molecular complexity index is 1180. The lowest BCUT2D eigenvalue weighted by molar-refractivity contribution is -0.145. The molecule has 0 aliphatic carbocycles. The molecule has 0 bridgehead atoms. The summed E-state index contributed by atoms with van der Waals surface area (Å²) in [4.78, 5) is 25.1. The van der Waals surface area contributed by atoms with Crippen LogP contribution in [0.25, 0.3) is 0 Å². The molecule has 1 fully saturated rings. The van der Waals surface area contributed by atoms with E-state index < -0.39 is 46.2 Å². The molecule has 1 saturated heterocycles. The Morgan fingerprint density at radius 3 is 2.08 bits per heavy atom. The van der Waals surface area contributed by atoms with Crippen molar-refractivity contribution < 1.29 is 45.4 Å². The van der Waals surface area contributed by atoms with Crippen molar-refractivity contribution in [3.63, 3.8) is 0 Å². The number of methoxy groups -OCH3 is 1. The number of nitrogens with zero attached hydrogens (tertiary/aromatic N) is 1. The molecule has 37 heavy (non-hydrogen) atoms. The van der Waals surface area contributed by atoms with E-state index in [1.54, 1.807) is 0 Å². The third kappa shape index (κ3) is 7.83. The lowest BCUT2D eigenvalue weighted by atomic mass is 9.99. The van der Waals surface area contributed by atoms with Crippen molar-refractivity contribution in [2.75, 3.05) is 37.4 Å². The highest BCUT2D eigenvalue weighted by Gasteiger charge is 2.32. The fourth-order valence-electron chi connectivity index (χ4n) is 3.70. The molecule has 0 aromatic heterocycles. The van der Waals surface area contributed by atoms with Gasteiger partial charge in [0.2, 0.25) is 15.9 Å². The molecule has 1 aliphatic heterocycles. The Balaban J connectivity index is 1.75. The first-order valence-electron chi connectivity index (χ1n) is 11.3. The molecule has 2 aromatic carbocycles. The molecule has 9 nitrogen and oxygen atoms in total. The van der Waals surface area contributed by atoms with E-state index in [2.05, 4.69) is 5.32 Å². The van der Waals surface area contributed by atoms with Crippen LogP contribution in [0.5, 0.6) is 11.5 Å². The molecule has 0 spiro atoms. The van der Waals surface area contributed by atoms with Crippen LogP contribution in [0.3, 0.4) is 0 Å². The number of amides is 1. The molecular weight excluding hydrogens is 517 g/mol. The fraction of sp³-hybridized carbons (Fsp3) is 0.417. The van der Waals surface area contributed by atoms with Gasteiger partial charge in [-0.15, -0.1) is 0 Å². The first kappa shape index (κ1) is 28.3. The van der Waals surface area contributed by atoms with Gasteiger partial charge in [-0.3, -0.25) is 9.10 Å². The van der Waals surface area contributed by atoms with E-state index in [0.29, 0.717) is 26.1 Å². The molecule has 1 heterocycles. The van der Waals surface area contributed by atoms with E-state index in [1.165, 1.54) is 36.4 Å². The minimum Gasteiger partial charge on any atom is -0.467 e. The number of ether oxygens (including phenoxy) is 3. The number of hydrogen-bond donors (Lipinski definition) is 1. The van der Waals surface area contributed by atoms with Crippen LogP contribution >= 0.6 is 0 Å². The SMILES string of the molecule is COC(=O)[C@H](CN(c1ccc(Oc2ccc(C(F)(F)F)cc2)cc1)S(C)(=O)=O)NC(=O)C1CCOCC1. The number of benzene rings is 2. The maximum absolute atomic E-state index is 12.7. The molecule has 1 atom stereocenters. The summed E-state index contributed by atoms with van der Waals surface area (Å²) in [6, 6.07) is 8.52. The molecule has 1 aliphatic rings. The summed E-state index contributed by atoms with van der Waals surface area (Å²) < 4.78 is 79.9. The quantitative estimate of drug-likeness (QED) is 0.482. The van der Waals surface area contributed by atoms with E-state index >= 15 is 0 Å². The molecule has 0 saturated carbocycles. The van der Waals surface area contributed by atoms with Crippen molar-refractivity contribution in [1.82, 2.24) is 5.32 Å². The molecule has 1 amide bonds. The highest BCUT2D eigenvalue weighted by molar-refractivity contribution is 7.92. The predicted octanol–water partition coefficient (Wildman–Crippen LogP) is 3.35. The Kier molecular flexibility index (Phi) is 9.02. The van der Waals surface area contributed by atoms with Crippen LogP contribution in [0.1, 0.15) is 18.4 Å². The van der Waals surface area contributed by atoms with Gasteiger partial charge < -0.3 is 19.5 Å². The van der Waals surface area contributed by atoms with Crippen LogP contribution in [0.4, 0.5) is 18.9 Å². The number of hydrogen-bond acceptors (Lipinski definition) is 7. The van der Waals surface area contributed by atoms with Gasteiger partial charge in [-0.05, 0) is 61.4 Å². The van der Waals surface area contributed by atoms with Crippen LogP contribution in [-0.4, -0.2) is 59.5 Å². The minimum absolute atomic E-state index is 0.155. The van der Waals surface area contributed by atoms with Crippen LogP contribution < -0.4 is 14.4 Å². The average Bonchev–Trinajstić information content (AvgIpc) is 2.86. The first-order valence-corrected chi connectivity index (χ1v) is 13.1. The predicted molar refractivity (Wildman–Crippen MR) is 128 cm³/mol. The number of rotatable bonds is 9. The average molecular weight is 545 g/mol. The van der Waals surface area contributed by atoms with E-state index in [9.17, 15) is 31.2 Å². The van der Waals surface area contributed by atoms with Crippen LogP contribution in [0, 0.1) is 5.92 Å². The molecule has 2 aromatic rings. The molecular formula is C24H27F3N2O7S. The van der Waals surface area contributed by atoms with Crippen LogP contribution in [0.15, 0.2) is 48.5 Å². The van der Waals surface area contributed by atoms with Gasteiger partial charge in [-0.25, -0.2) is 13.2 Å². The number of nitrogens with one attached hydrogen (secondary N) is 1. The largest absolute Gasteiger partial charge is 0.467 e. The van der Waals surface area contributed by atoms with Gasteiger partial charge in [-0.1, -0.05) is 0 Å². The van der Waals surface area contributed by atoms with E-state index in [-0.39, 0.29) is 23.1 Å². The Labute approximate surface area is 212 Å². The molecule has 1 N–H and O–H groups in total. The Hall–Kier alpha value is -3.32. The number of sulfonamides is 1. The first-order chi connectivity index (χ1) is 17.4. The van der Waals surface area contributed by atoms with Gasteiger partial charge in [0.05, 0.1) is 31.2 Å². The highest BCUT2D eigenvalue weighted by Crippen LogP contribution is 2.32. The van der Waals surface area contributed by atoms with Crippen molar-refractivity contribution in [3.8, 4) is 11.5 Å². The zero-order valence-corrected chi connectivity index (χ0v) is 21.0. The maximum atomic E-state index is 12.7. The smallest absolute Gasteiger partial charge is 0.416 e. The summed E-state index contributed by atoms with van der Waals surface area (Å²) in [6.45, 7) is 0.411. The second-order valence-corrected chi connectivity index (χ2v) is 10.3. The van der Waals surface area contributed by atoms with Gasteiger partial charge in [0.1, 0.15) is 17.5 Å². The summed E-state index contributed by atoms with van der Waals surface area (Å²) in [5.74, 6) is -1.17. The molecule has 202 valence electrons. The van der Waals surface area contributed by atoms with Crippen LogP contribution in [-0.2, 0) is 35.3 Å². The summed E-state index contributed by atoms with van der Waals surface area (Å²) in [6.07, 6.45) is -2.55. The van der Waals surface area contributed by atoms with E-state index in [1.807, 2.05) is 0 Å². The van der Waals surface area contributed by atoms with Crippen LogP contribution in [0.2, 0.25) is 0 Å². The molecule has 0 radical (unpaired) electrons. The van der Waals surface area contributed by atoms with Gasteiger partial charge >= 0.3 is 12.1 Å². The fourth-order valence-corrected chi connectivity index (χ4v) is 4.62. The second kappa shape index (κ2) is 11.8. The topological polar surface area (TPSA) is 111 Å². The normalized spacial score (nSPS) is 15.5. The molecule has 13 heteroatoms. The van der Waals surface area contributed by atoms with Crippen molar-refractivity contribution in [2.24, 2.45) is 5.92 Å². The summed E-state index contributed by atoms with van der Waals surface area (Å²) in [7, 11) is -2.77. The van der Waals surface area contributed by atoms with Crippen molar-refractivity contribution in [3.05, 3.63) is 54.1 Å². The number of esters is 1. The minimum atomic E-state index is -4.47. The van der Waals surface area contributed by atoms with E-state index in [4.69, 9.17) is 14.2 Å². The Morgan fingerprint density at radius 2 is 1.59 bits per heavy atom. The third-order valence-electron chi connectivity index (χ3n) is 5.69. The standard InChI is InChI=1S/C24H27F3N2O7S/c1-34-23(31)21(28-22(30)16-11-13-35-14-12-16)15-29(37(2,32)33)18-5-9-20(10-6-18)36-19-7-3-17(4-8-19)24(25,26)27/h3-10,16,21H,11-15H2,1-2H3,(H,28,30)/t21-/m0/s1.